The molecule has 1 aliphatic heterocycles. The molecule has 1 fully saturated rings. The first-order valence-corrected chi connectivity index (χ1v) is 7.74. The summed E-state index contributed by atoms with van der Waals surface area (Å²) in [5.74, 6) is 2.16. The van der Waals surface area contributed by atoms with Crippen LogP contribution in [0, 0.1) is 5.82 Å². The summed E-state index contributed by atoms with van der Waals surface area (Å²) in [5.41, 5.74) is 1.87. The molecular formula is C14H21FN2S. The zero-order chi connectivity index (χ0) is 13.0. The minimum atomic E-state index is -0.0980. The van der Waals surface area contributed by atoms with Gasteiger partial charge in [-0.05, 0) is 25.6 Å². The molecule has 0 saturated carbocycles. The molecule has 100 valence electrons. The van der Waals surface area contributed by atoms with E-state index < -0.39 is 0 Å². The highest BCUT2D eigenvalue weighted by molar-refractivity contribution is 7.99. The van der Waals surface area contributed by atoms with Gasteiger partial charge in [-0.3, -0.25) is 0 Å². The van der Waals surface area contributed by atoms with E-state index in [1.165, 1.54) is 0 Å². The van der Waals surface area contributed by atoms with Gasteiger partial charge < -0.3 is 10.2 Å². The second-order valence-electron chi connectivity index (χ2n) is 4.55. The van der Waals surface area contributed by atoms with Crippen LogP contribution in [0.2, 0.25) is 0 Å². The maximum absolute atomic E-state index is 14.1. The molecule has 1 unspecified atom stereocenters. The Kier molecular flexibility index (Phi) is 4.89. The average Bonchev–Trinajstić information content (AvgIpc) is 2.39. The quantitative estimate of drug-likeness (QED) is 0.903. The van der Waals surface area contributed by atoms with Gasteiger partial charge in [0.15, 0.2) is 0 Å². The highest BCUT2D eigenvalue weighted by Crippen LogP contribution is 2.30. The van der Waals surface area contributed by atoms with Crippen LogP contribution in [0.3, 0.4) is 0 Å². The lowest BCUT2D eigenvalue weighted by atomic mass is 10.0. The van der Waals surface area contributed by atoms with E-state index in [2.05, 4.69) is 17.1 Å². The first-order valence-electron chi connectivity index (χ1n) is 6.58. The number of thioether (sulfide) groups is 1. The zero-order valence-corrected chi connectivity index (χ0v) is 11.9. The molecule has 4 heteroatoms. The van der Waals surface area contributed by atoms with Gasteiger partial charge in [-0.25, -0.2) is 4.39 Å². The number of halogens is 1. The van der Waals surface area contributed by atoms with E-state index in [9.17, 15) is 4.39 Å². The zero-order valence-electron chi connectivity index (χ0n) is 11.1. The lowest BCUT2D eigenvalue weighted by Crippen LogP contribution is -2.34. The van der Waals surface area contributed by atoms with Gasteiger partial charge in [0.2, 0.25) is 0 Å². The molecular weight excluding hydrogens is 247 g/mol. The first-order chi connectivity index (χ1) is 8.74. The van der Waals surface area contributed by atoms with Gasteiger partial charge in [0.05, 0.1) is 0 Å². The second-order valence-corrected chi connectivity index (χ2v) is 5.78. The maximum Gasteiger partial charge on any atom is 0.130 e. The van der Waals surface area contributed by atoms with Gasteiger partial charge in [0.1, 0.15) is 5.82 Å². The number of hydrogen-bond donors (Lipinski definition) is 1. The summed E-state index contributed by atoms with van der Waals surface area (Å²) in [5, 5.41) is 3.31. The predicted molar refractivity (Wildman–Crippen MR) is 78.0 cm³/mol. The van der Waals surface area contributed by atoms with E-state index in [0.29, 0.717) is 0 Å². The fourth-order valence-corrected chi connectivity index (χ4v) is 3.35. The van der Waals surface area contributed by atoms with Gasteiger partial charge in [0.25, 0.3) is 0 Å². The van der Waals surface area contributed by atoms with E-state index in [4.69, 9.17) is 0 Å². The van der Waals surface area contributed by atoms with Crippen LogP contribution < -0.4 is 10.2 Å². The summed E-state index contributed by atoms with van der Waals surface area (Å²) in [7, 11) is 0. The first kappa shape index (κ1) is 13.7. The topological polar surface area (TPSA) is 15.3 Å². The molecule has 0 bridgehead atoms. The highest BCUT2D eigenvalue weighted by atomic mass is 32.2. The molecule has 1 aliphatic rings. The molecule has 0 aromatic heterocycles. The molecule has 1 N–H and O–H groups in total. The summed E-state index contributed by atoms with van der Waals surface area (Å²) >= 11 is 1.97. The molecule has 18 heavy (non-hydrogen) atoms. The monoisotopic (exact) mass is 268 g/mol. The molecule has 1 saturated heterocycles. The number of rotatable bonds is 4. The lowest BCUT2D eigenvalue weighted by Gasteiger charge is -2.32. The molecule has 1 heterocycles. The molecule has 1 aromatic carbocycles. The van der Waals surface area contributed by atoms with Crippen LogP contribution in [-0.4, -0.2) is 31.1 Å². The van der Waals surface area contributed by atoms with Crippen molar-refractivity contribution in [3.8, 4) is 0 Å². The Balaban J connectivity index is 2.30. The van der Waals surface area contributed by atoms with Crippen LogP contribution in [0.5, 0.6) is 0 Å². The molecule has 1 aromatic rings. The van der Waals surface area contributed by atoms with Gasteiger partial charge in [-0.2, -0.15) is 11.8 Å². The standard InChI is InChI=1S/C14H21FN2S/c1-3-16-11(2)14-12(15)5-4-6-13(14)17-7-9-18-10-8-17/h4-6,11,16H,3,7-10H2,1-2H3. The van der Waals surface area contributed by atoms with E-state index in [0.717, 1.165) is 42.4 Å². The van der Waals surface area contributed by atoms with Crippen molar-refractivity contribution >= 4 is 17.4 Å². The predicted octanol–water partition coefficient (Wildman–Crippen LogP) is 3.05. The third kappa shape index (κ3) is 2.98. The normalized spacial score (nSPS) is 17.8. The Bertz CT molecular complexity index is 391. The van der Waals surface area contributed by atoms with Crippen LogP contribution in [0.15, 0.2) is 18.2 Å². The smallest absolute Gasteiger partial charge is 0.130 e. The minimum absolute atomic E-state index is 0.0563. The summed E-state index contributed by atoms with van der Waals surface area (Å²) in [6, 6.07) is 5.48. The molecule has 0 aliphatic carbocycles. The summed E-state index contributed by atoms with van der Waals surface area (Å²) in [6.45, 7) is 6.96. The molecule has 0 spiro atoms. The number of anilines is 1. The van der Waals surface area contributed by atoms with Crippen molar-refractivity contribution in [2.24, 2.45) is 0 Å². The Hall–Kier alpha value is -0.740. The number of benzene rings is 1. The van der Waals surface area contributed by atoms with E-state index in [-0.39, 0.29) is 11.9 Å². The van der Waals surface area contributed by atoms with Crippen LogP contribution in [0.4, 0.5) is 10.1 Å². The van der Waals surface area contributed by atoms with Gasteiger partial charge in [0, 0.05) is 41.9 Å². The van der Waals surface area contributed by atoms with Crippen LogP contribution in [0.25, 0.3) is 0 Å². The number of nitrogens with zero attached hydrogens (tertiary/aromatic N) is 1. The Morgan fingerprint density at radius 2 is 2.11 bits per heavy atom. The highest BCUT2D eigenvalue weighted by Gasteiger charge is 2.20. The van der Waals surface area contributed by atoms with Gasteiger partial charge in [-0.1, -0.05) is 13.0 Å². The maximum atomic E-state index is 14.1. The number of nitrogens with one attached hydrogen (secondary N) is 1. The van der Waals surface area contributed by atoms with E-state index in [1.54, 1.807) is 6.07 Å². The second kappa shape index (κ2) is 6.43. The van der Waals surface area contributed by atoms with Crippen molar-refractivity contribution in [3.05, 3.63) is 29.6 Å². The average molecular weight is 268 g/mol. The van der Waals surface area contributed by atoms with E-state index >= 15 is 0 Å². The minimum Gasteiger partial charge on any atom is -0.370 e. The Morgan fingerprint density at radius 1 is 1.39 bits per heavy atom. The Morgan fingerprint density at radius 3 is 2.78 bits per heavy atom. The summed E-state index contributed by atoms with van der Waals surface area (Å²) in [4.78, 5) is 2.31. The Labute approximate surface area is 113 Å². The molecule has 0 amide bonds. The molecule has 0 radical (unpaired) electrons. The van der Waals surface area contributed by atoms with Crippen molar-refractivity contribution < 1.29 is 4.39 Å². The summed E-state index contributed by atoms with van der Waals surface area (Å²) < 4.78 is 14.1. The lowest BCUT2D eigenvalue weighted by molar-refractivity contribution is 0.539. The van der Waals surface area contributed by atoms with Crippen molar-refractivity contribution in [1.29, 1.82) is 0 Å². The number of hydrogen-bond acceptors (Lipinski definition) is 3. The fourth-order valence-electron chi connectivity index (χ4n) is 2.44. The van der Waals surface area contributed by atoms with Gasteiger partial charge in [-0.15, -0.1) is 0 Å². The summed E-state index contributed by atoms with van der Waals surface area (Å²) in [6.07, 6.45) is 0. The molecule has 2 nitrogen and oxygen atoms in total. The van der Waals surface area contributed by atoms with Gasteiger partial charge >= 0.3 is 0 Å². The third-order valence-electron chi connectivity index (χ3n) is 3.32. The van der Waals surface area contributed by atoms with Crippen LogP contribution in [-0.2, 0) is 0 Å². The van der Waals surface area contributed by atoms with Crippen LogP contribution in [0.1, 0.15) is 25.5 Å². The van der Waals surface area contributed by atoms with Crippen LogP contribution >= 0.6 is 11.8 Å². The van der Waals surface area contributed by atoms with E-state index in [1.807, 2.05) is 30.8 Å². The van der Waals surface area contributed by atoms with Crippen molar-refractivity contribution in [1.82, 2.24) is 5.32 Å². The fraction of sp³-hybridized carbons (Fsp3) is 0.571. The molecule has 1 atom stereocenters. The molecule has 2 rings (SSSR count). The van der Waals surface area contributed by atoms with Crippen molar-refractivity contribution in [2.45, 2.75) is 19.9 Å². The van der Waals surface area contributed by atoms with Crippen molar-refractivity contribution in [2.75, 3.05) is 36.0 Å². The van der Waals surface area contributed by atoms with Crippen molar-refractivity contribution in [3.63, 3.8) is 0 Å². The SMILES string of the molecule is CCNC(C)c1c(F)cccc1N1CCSCC1. The third-order valence-corrected chi connectivity index (χ3v) is 4.27. The largest absolute Gasteiger partial charge is 0.370 e.